The summed E-state index contributed by atoms with van der Waals surface area (Å²) in [5.41, 5.74) is 2.34. The van der Waals surface area contributed by atoms with E-state index in [1.807, 2.05) is 0 Å². The highest BCUT2D eigenvalue weighted by Crippen LogP contribution is 2.20. The van der Waals surface area contributed by atoms with Gasteiger partial charge in [0.15, 0.2) is 5.65 Å². The van der Waals surface area contributed by atoms with Crippen LogP contribution in [0.15, 0.2) is 36.5 Å². The molecule has 0 aliphatic heterocycles. The number of halogens is 1. The van der Waals surface area contributed by atoms with Gasteiger partial charge in [-0.2, -0.15) is 4.98 Å². The van der Waals surface area contributed by atoms with E-state index in [2.05, 4.69) is 25.6 Å². The minimum atomic E-state index is -0.593. The minimum absolute atomic E-state index is 0.244. The number of aromatic amines is 1. The fraction of sp³-hybridized carbons (Fsp3) is 0.133. The lowest BCUT2D eigenvalue weighted by atomic mass is 10.3. The van der Waals surface area contributed by atoms with E-state index in [4.69, 9.17) is 4.74 Å². The first-order valence-electron chi connectivity index (χ1n) is 6.96. The molecule has 7 nitrogen and oxygen atoms in total. The van der Waals surface area contributed by atoms with Gasteiger partial charge in [-0.05, 0) is 31.2 Å². The van der Waals surface area contributed by atoms with Crippen LogP contribution in [0.5, 0.6) is 0 Å². The first-order chi connectivity index (χ1) is 11.1. The van der Waals surface area contributed by atoms with Gasteiger partial charge in [0, 0.05) is 5.69 Å². The minimum Gasteiger partial charge on any atom is -0.450 e. The number of benzene rings is 1. The lowest BCUT2D eigenvalue weighted by Gasteiger charge is -2.05. The van der Waals surface area contributed by atoms with Crippen molar-refractivity contribution in [3.8, 4) is 0 Å². The first-order valence-corrected chi connectivity index (χ1v) is 6.96. The Morgan fingerprint density at radius 1 is 1.35 bits per heavy atom. The molecule has 0 bridgehead atoms. The van der Waals surface area contributed by atoms with Gasteiger partial charge in [0.2, 0.25) is 5.95 Å². The Hall–Kier alpha value is -3.16. The molecule has 23 heavy (non-hydrogen) atoms. The lowest BCUT2D eigenvalue weighted by Crippen LogP contribution is -2.14. The van der Waals surface area contributed by atoms with Crippen LogP contribution in [0.4, 0.5) is 26.5 Å². The molecule has 3 rings (SSSR count). The van der Waals surface area contributed by atoms with E-state index >= 15 is 0 Å². The summed E-state index contributed by atoms with van der Waals surface area (Å²) in [6.07, 6.45) is 0.979. The van der Waals surface area contributed by atoms with E-state index in [0.717, 1.165) is 0 Å². The number of fused-ring (bicyclic) bond motifs is 1. The molecule has 0 atom stereocenters. The van der Waals surface area contributed by atoms with Crippen molar-refractivity contribution in [3.05, 3.63) is 42.3 Å². The maximum Gasteiger partial charge on any atom is 0.413 e. The molecule has 3 N–H and O–H groups in total. The van der Waals surface area contributed by atoms with Gasteiger partial charge < -0.3 is 15.0 Å². The zero-order chi connectivity index (χ0) is 16.2. The summed E-state index contributed by atoms with van der Waals surface area (Å²) in [6.45, 7) is 1.98. The number of aromatic nitrogens is 3. The summed E-state index contributed by atoms with van der Waals surface area (Å²) >= 11 is 0. The molecule has 0 aliphatic rings. The molecule has 0 spiro atoms. The maximum absolute atomic E-state index is 13.2. The summed E-state index contributed by atoms with van der Waals surface area (Å²) in [5.74, 6) is -0.0830. The smallest absolute Gasteiger partial charge is 0.413 e. The normalized spacial score (nSPS) is 10.5. The van der Waals surface area contributed by atoms with Crippen molar-refractivity contribution >= 4 is 34.6 Å². The van der Waals surface area contributed by atoms with Gasteiger partial charge in [-0.15, -0.1) is 0 Å². The Kier molecular flexibility index (Phi) is 4.05. The molecule has 8 heteroatoms. The van der Waals surface area contributed by atoms with Crippen LogP contribution in [-0.4, -0.2) is 27.7 Å². The van der Waals surface area contributed by atoms with Gasteiger partial charge in [0.05, 0.1) is 24.0 Å². The number of anilines is 3. The number of amides is 1. The number of nitrogens with one attached hydrogen (secondary N) is 3. The van der Waals surface area contributed by atoms with Gasteiger partial charge in [-0.1, -0.05) is 6.07 Å². The van der Waals surface area contributed by atoms with Crippen LogP contribution < -0.4 is 10.6 Å². The summed E-state index contributed by atoms with van der Waals surface area (Å²) in [5, 5.41) is 5.52. The second-order valence-electron chi connectivity index (χ2n) is 4.66. The quantitative estimate of drug-likeness (QED) is 0.686. The Balaban J connectivity index is 1.80. The van der Waals surface area contributed by atoms with Crippen molar-refractivity contribution in [2.75, 3.05) is 17.2 Å². The van der Waals surface area contributed by atoms with Gasteiger partial charge in [0.25, 0.3) is 0 Å². The van der Waals surface area contributed by atoms with Crippen molar-refractivity contribution in [1.29, 1.82) is 0 Å². The fourth-order valence-corrected chi connectivity index (χ4v) is 2.02. The maximum atomic E-state index is 13.2. The highest BCUT2D eigenvalue weighted by Gasteiger charge is 2.09. The van der Waals surface area contributed by atoms with E-state index in [0.29, 0.717) is 22.5 Å². The highest BCUT2D eigenvalue weighted by molar-refractivity contribution is 5.86. The third kappa shape index (κ3) is 3.54. The van der Waals surface area contributed by atoms with Crippen LogP contribution in [0.25, 0.3) is 11.2 Å². The summed E-state index contributed by atoms with van der Waals surface area (Å²) in [7, 11) is 0. The van der Waals surface area contributed by atoms with Crippen molar-refractivity contribution < 1.29 is 13.9 Å². The first kappa shape index (κ1) is 14.8. The molecule has 1 aromatic carbocycles. The molecule has 0 fully saturated rings. The third-order valence-corrected chi connectivity index (χ3v) is 2.95. The monoisotopic (exact) mass is 315 g/mol. The molecule has 0 saturated heterocycles. The second kappa shape index (κ2) is 6.30. The van der Waals surface area contributed by atoms with Crippen LogP contribution in [0.1, 0.15) is 6.92 Å². The number of hydrogen-bond donors (Lipinski definition) is 3. The SMILES string of the molecule is CCOC(=O)Nc1nc2ncc(Nc3cccc(F)c3)cc2[nH]1. The van der Waals surface area contributed by atoms with Crippen LogP contribution in [0.3, 0.4) is 0 Å². The summed E-state index contributed by atoms with van der Waals surface area (Å²) < 4.78 is 18.0. The topological polar surface area (TPSA) is 91.9 Å². The van der Waals surface area contributed by atoms with Gasteiger partial charge in [0.1, 0.15) is 5.82 Å². The second-order valence-corrected chi connectivity index (χ2v) is 4.66. The number of nitrogens with zero attached hydrogens (tertiary/aromatic N) is 2. The molecule has 118 valence electrons. The standard InChI is InChI=1S/C15H14FN5O2/c1-2-23-15(22)21-14-19-12-7-11(8-17-13(12)20-14)18-10-5-3-4-9(16)6-10/h3-8,18H,2H2,1H3,(H2,17,19,20,21,22). The van der Waals surface area contributed by atoms with Crippen LogP contribution in [0, 0.1) is 5.82 Å². The average Bonchev–Trinajstić information content (AvgIpc) is 2.88. The number of ether oxygens (including phenoxy) is 1. The molecule has 1 amide bonds. The molecular formula is C15H14FN5O2. The average molecular weight is 315 g/mol. The summed E-state index contributed by atoms with van der Waals surface area (Å²) in [6, 6.07) is 7.87. The summed E-state index contributed by atoms with van der Waals surface area (Å²) in [4.78, 5) is 22.6. The number of carbonyl (C=O) groups is 1. The molecule has 3 aromatic rings. The number of pyridine rings is 1. The van der Waals surface area contributed by atoms with Crippen LogP contribution in [0.2, 0.25) is 0 Å². The molecular weight excluding hydrogens is 301 g/mol. The van der Waals surface area contributed by atoms with Crippen molar-refractivity contribution in [2.24, 2.45) is 0 Å². The van der Waals surface area contributed by atoms with E-state index in [1.165, 1.54) is 12.1 Å². The number of carbonyl (C=O) groups excluding carboxylic acids is 1. The Morgan fingerprint density at radius 3 is 3.00 bits per heavy atom. The zero-order valence-electron chi connectivity index (χ0n) is 12.3. The number of hydrogen-bond acceptors (Lipinski definition) is 5. The number of H-pyrrole nitrogens is 1. The molecule has 2 aromatic heterocycles. The predicted molar refractivity (Wildman–Crippen MR) is 84.2 cm³/mol. The Bertz CT molecular complexity index is 849. The number of rotatable bonds is 4. The fourth-order valence-electron chi connectivity index (χ4n) is 2.02. The molecule has 0 saturated carbocycles. The molecule has 0 aliphatic carbocycles. The van der Waals surface area contributed by atoms with E-state index in [-0.39, 0.29) is 18.4 Å². The van der Waals surface area contributed by atoms with Crippen LogP contribution in [-0.2, 0) is 4.74 Å². The van der Waals surface area contributed by atoms with E-state index < -0.39 is 6.09 Å². The van der Waals surface area contributed by atoms with Crippen molar-refractivity contribution in [2.45, 2.75) is 6.92 Å². The Labute approximate surface area is 130 Å². The molecule has 0 radical (unpaired) electrons. The zero-order valence-corrected chi connectivity index (χ0v) is 12.3. The van der Waals surface area contributed by atoms with Crippen molar-refractivity contribution in [1.82, 2.24) is 15.0 Å². The van der Waals surface area contributed by atoms with Gasteiger partial charge in [-0.25, -0.2) is 14.2 Å². The van der Waals surface area contributed by atoms with Crippen molar-refractivity contribution in [3.63, 3.8) is 0 Å². The van der Waals surface area contributed by atoms with Gasteiger partial charge >= 0.3 is 6.09 Å². The van der Waals surface area contributed by atoms with E-state index in [1.54, 1.807) is 31.3 Å². The largest absolute Gasteiger partial charge is 0.450 e. The number of imidazole rings is 1. The Morgan fingerprint density at radius 2 is 2.22 bits per heavy atom. The van der Waals surface area contributed by atoms with E-state index in [9.17, 15) is 9.18 Å². The van der Waals surface area contributed by atoms with Crippen LogP contribution >= 0.6 is 0 Å². The molecule has 0 unspecified atom stereocenters. The highest BCUT2D eigenvalue weighted by atomic mass is 19.1. The lowest BCUT2D eigenvalue weighted by molar-refractivity contribution is 0.167. The predicted octanol–water partition coefficient (Wildman–Crippen LogP) is 3.41. The molecule has 2 heterocycles. The van der Waals surface area contributed by atoms with Gasteiger partial charge in [-0.3, -0.25) is 5.32 Å². The third-order valence-electron chi connectivity index (χ3n) is 2.95.